The molecule has 0 aliphatic rings. The van der Waals surface area contributed by atoms with E-state index in [-0.39, 0.29) is 11.3 Å². The number of aliphatic hydroxyl groups excluding tert-OH is 2. The molecule has 0 aliphatic heterocycles. The number of rotatable bonds is 2. The minimum Gasteiger partial charge on any atom is -0.508 e. The first-order chi connectivity index (χ1) is 6.61. The van der Waals surface area contributed by atoms with Crippen molar-refractivity contribution in [1.29, 1.82) is 0 Å². The van der Waals surface area contributed by atoms with E-state index in [1.807, 2.05) is 0 Å². The predicted molar refractivity (Wildman–Crippen MR) is 48.8 cm³/mol. The summed E-state index contributed by atoms with van der Waals surface area (Å²) in [5.74, 6) is -1.27. The van der Waals surface area contributed by atoms with Gasteiger partial charge < -0.3 is 20.4 Å². The zero-order valence-electron chi connectivity index (χ0n) is 7.58. The third-order valence-corrected chi connectivity index (χ3v) is 1.44. The van der Waals surface area contributed by atoms with Gasteiger partial charge in [0.15, 0.2) is 6.10 Å². The third-order valence-electron chi connectivity index (χ3n) is 1.44. The van der Waals surface area contributed by atoms with Gasteiger partial charge in [0.2, 0.25) is 0 Å². The van der Waals surface area contributed by atoms with Crippen molar-refractivity contribution in [2.45, 2.75) is 6.10 Å². The topological polar surface area (TPSA) is 98.0 Å². The van der Waals surface area contributed by atoms with E-state index in [1.165, 1.54) is 24.3 Å². The van der Waals surface area contributed by atoms with Gasteiger partial charge in [0.1, 0.15) is 5.75 Å². The van der Waals surface area contributed by atoms with Crippen molar-refractivity contribution >= 4 is 5.97 Å². The second kappa shape index (κ2) is 5.95. The van der Waals surface area contributed by atoms with Crippen LogP contribution in [0.4, 0.5) is 0 Å². The molecule has 0 radical (unpaired) electrons. The Hall–Kier alpha value is -1.59. The van der Waals surface area contributed by atoms with Crippen molar-refractivity contribution in [3.05, 3.63) is 29.8 Å². The van der Waals surface area contributed by atoms with Gasteiger partial charge in [0.25, 0.3) is 0 Å². The molecular weight excluding hydrogens is 188 g/mol. The Kier molecular flexibility index (Phi) is 5.28. The standard InChI is InChI=1S/C8H8O4.CH4O/c9-6-3-1-5(2-4-6)7(10)8(11)12;1-2/h1-4,7,9-10H,(H,11,12);2H,1H3. The molecule has 4 N–H and O–H groups in total. The normalized spacial score (nSPS) is 11.1. The fourth-order valence-electron chi connectivity index (χ4n) is 0.799. The predicted octanol–water partition coefficient (Wildman–Crippen LogP) is 0.119. The summed E-state index contributed by atoms with van der Waals surface area (Å²) < 4.78 is 0. The highest BCUT2D eigenvalue weighted by atomic mass is 16.4. The Bertz CT molecular complexity index is 280. The van der Waals surface area contributed by atoms with E-state index >= 15 is 0 Å². The molecule has 0 amide bonds. The largest absolute Gasteiger partial charge is 0.508 e. The van der Waals surface area contributed by atoms with Crippen molar-refractivity contribution in [2.75, 3.05) is 7.11 Å². The van der Waals surface area contributed by atoms with Crippen LogP contribution >= 0.6 is 0 Å². The average Bonchev–Trinajstić information content (AvgIpc) is 2.21. The van der Waals surface area contributed by atoms with Crippen molar-refractivity contribution in [3.63, 3.8) is 0 Å². The Morgan fingerprint density at radius 3 is 2.00 bits per heavy atom. The molecule has 0 aliphatic carbocycles. The van der Waals surface area contributed by atoms with Crippen LogP contribution in [0.5, 0.6) is 5.75 Å². The Labute approximate surface area is 80.9 Å². The molecule has 0 saturated heterocycles. The van der Waals surface area contributed by atoms with Crippen molar-refractivity contribution in [3.8, 4) is 5.75 Å². The quantitative estimate of drug-likeness (QED) is 0.543. The smallest absolute Gasteiger partial charge is 0.337 e. The molecule has 1 unspecified atom stereocenters. The molecular formula is C9H12O5. The Morgan fingerprint density at radius 1 is 1.21 bits per heavy atom. The highest BCUT2D eigenvalue weighted by molar-refractivity contribution is 5.74. The number of phenols is 1. The first-order valence-corrected chi connectivity index (χ1v) is 3.76. The summed E-state index contributed by atoms with van der Waals surface area (Å²) in [5, 5.41) is 33.2. The second-order valence-electron chi connectivity index (χ2n) is 2.33. The fourth-order valence-corrected chi connectivity index (χ4v) is 0.799. The highest BCUT2D eigenvalue weighted by Gasteiger charge is 2.14. The van der Waals surface area contributed by atoms with Crippen LogP contribution < -0.4 is 0 Å². The molecule has 5 nitrogen and oxygen atoms in total. The van der Waals surface area contributed by atoms with Crippen LogP contribution in [-0.4, -0.2) is 33.5 Å². The number of aliphatic hydroxyl groups is 2. The minimum absolute atomic E-state index is 0.0383. The monoisotopic (exact) mass is 200 g/mol. The van der Waals surface area contributed by atoms with E-state index in [0.717, 1.165) is 7.11 Å². The second-order valence-corrected chi connectivity index (χ2v) is 2.33. The molecule has 5 heteroatoms. The van der Waals surface area contributed by atoms with Crippen molar-refractivity contribution in [1.82, 2.24) is 0 Å². The minimum atomic E-state index is -1.52. The number of carboxylic acids is 1. The van der Waals surface area contributed by atoms with Gasteiger partial charge >= 0.3 is 5.97 Å². The summed E-state index contributed by atoms with van der Waals surface area (Å²) in [5.41, 5.74) is 0.250. The van der Waals surface area contributed by atoms with E-state index < -0.39 is 12.1 Å². The molecule has 0 spiro atoms. The summed E-state index contributed by atoms with van der Waals surface area (Å²) in [4.78, 5) is 10.3. The lowest BCUT2D eigenvalue weighted by molar-refractivity contribution is -0.146. The maximum absolute atomic E-state index is 10.3. The maximum atomic E-state index is 10.3. The molecule has 0 aromatic heterocycles. The van der Waals surface area contributed by atoms with Gasteiger partial charge in [-0.3, -0.25) is 0 Å². The number of hydrogen-bond donors (Lipinski definition) is 4. The number of hydrogen-bond acceptors (Lipinski definition) is 4. The number of aliphatic carboxylic acids is 1. The van der Waals surface area contributed by atoms with Gasteiger partial charge in [0.05, 0.1) is 0 Å². The van der Waals surface area contributed by atoms with E-state index in [9.17, 15) is 4.79 Å². The average molecular weight is 200 g/mol. The van der Waals surface area contributed by atoms with Gasteiger partial charge in [0, 0.05) is 7.11 Å². The third kappa shape index (κ3) is 3.42. The highest BCUT2D eigenvalue weighted by Crippen LogP contribution is 2.16. The van der Waals surface area contributed by atoms with Gasteiger partial charge in [-0.25, -0.2) is 4.79 Å². The maximum Gasteiger partial charge on any atom is 0.337 e. The van der Waals surface area contributed by atoms with E-state index in [4.69, 9.17) is 20.4 Å². The van der Waals surface area contributed by atoms with Gasteiger partial charge in [-0.15, -0.1) is 0 Å². The molecule has 1 aromatic rings. The lowest BCUT2D eigenvalue weighted by atomic mass is 10.1. The van der Waals surface area contributed by atoms with Crippen LogP contribution in [-0.2, 0) is 4.79 Å². The number of phenolic OH excluding ortho intramolecular Hbond substituents is 1. The van der Waals surface area contributed by atoms with Crippen LogP contribution in [0.3, 0.4) is 0 Å². The number of aromatic hydroxyl groups is 1. The van der Waals surface area contributed by atoms with Crippen molar-refractivity contribution < 1.29 is 25.2 Å². The van der Waals surface area contributed by atoms with Gasteiger partial charge in [-0.1, -0.05) is 12.1 Å². The summed E-state index contributed by atoms with van der Waals surface area (Å²) in [6, 6.07) is 5.35. The number of carboxylic acid groups (broad SMARTS) is 1. The van der Waals surface area contributed by atoms with Crippen LogP contribution in [0, 0.1) is 0 Å². The Morgan fingerprint density at radius 2 is 1.64 bits per heavy atom. The van der Waals surface area contributed by atoms with Gasteiger partial charge in [-0.2, -0.15) is 0 Å². The van der Waals surface area contributed by atoms with Crippen LogP contribution in [0.25, 0.3) is 0 Å². The molecule has 78 valence electrons. The summed E-state index contributed by atoms with van der Waals surface area (Å²) in [6.07, 6.45) is -1.52. The van der Waals surface area contributed by atoms with Crippen LogP contribution in [0.15, 0.2) is 24.3 Å². The van der Waals surface area contributed by atoms with Gasteiger partial charge in [-0.05, 0) is 17.7 Å². The van der Waals surface area contributed by atoms with E-state index in [1.54, 1.807) is 0 Å². The fraction of sp³-hybridized carbons (Fsp3) is 0.222. The van der Waals surface area contributed by atoms with Crippen molar-refractivity contribution in [2.24, 2.45) is 0 Å². The molecule has 1 atom stereocenters. The molecule has 1 rings (SSSR count). The summed E-state index contributed by atoms with van der Waals surface area (Å²) >= 11 is 0. The van der Waals surface area contributed by atoms with Crippen LogP contribution in [0.1, 0.15) is 11.7 Å². The summed E-state index contributed by atoms with van der Waals surface area (Å²) in [7, 11) is 1.00. The number of carbonyl (C=O) groups is 1. The molecule has 0 fully saturated rings. The molecule has 0 heterocycles. The first kappa shape index (κ1) is 12.4. The van der Waals surface area contributed by atoms with E-state index in [2.05, 4.69) is 0 Å². The van der Waals surface area contributed by atoms with Crippen LogP contribution in [0.2, 0.25) is 0 Å². The molecule has 0 bridgehead atoms. The SMILES string of the molecule is CO.O=C(O)C(O)c1ccc(O)cc1. The lowest BCUT2D eigenvalue weighted by Gasteiger charge is -2.04. The number of benzene rings is 1. The van der Waals surface area contributed by atoms with E-state index in [0.29, 0.717) is 0 Å². The zero-order valence-corrected chi connectivity index (χ0v) is 7.58. The Balaban J connectivity index is 0.000000791. The molecule has 1 aromatic carbocycles. The first-order valence-electron chi connectivity index (χ1n) is 3.76. The summed E-state index contributed by atoms with van der Waals surface area (Å²) in [6.45, 7) is 0. The molecule has 14 heavy (non-hydrogen) atoms. The zero-order chi connectivity index (χ0) is 11.1. The lowest BCUT2D eigenvalue weighted by Crippen LogP contribution is -2.09. The molecule has 0 saturated carbocycles.